The van der Waals surface area contributed by atoms with Gasteiger partial charge in [-0.2, -0.15) is 0 Å². The van der Waals surface area contributed by atoms with Crippen molar-refractivity contribution in [3.05, 3.63) is 175 Å². The quantitative estimate of drug-likeness (QED) is 0.178. The van der Waals surface area contributed by atoms with E-state index in [4.69, 9.17) is 19.2 Å². The van der Waals surface area contributed by atoms with E-state index in [1.165, 1.54) is 0 Å². The van der Waals surface area contributed by atoms with Crippen LogP contribution in [0.25, 0.3) is 87.7 Å². The molecule has 0 radical (unpaired) electrons. The molecule has 2 aromatic heterocycles. The Balaban J connectivity index is 1.37. The Labute approximate surface area is 315 Å². The molecular formula is C45H29N3S. The molecule has 7 aromatic carbocycles. The molecule has 0 aliphatic rings. The van der Waals surface area contributed by atoms with Crippen molar-refractivity contribution in [3.63, 3.8) is 0 Å². The second kappa shape index (κ2) is 12.4. The Kier molecular flexibility index (Phi) is 3.89. The molecule has 3 nitrogen and oxygen atoms in total. The lowest BCUT2D eigenvalue weighted by Gasteiger charge is -2.10. The minimum Gasteiger partial charge on any atom is -0.208 e. The zero-order valence-electron chi connectivity index (χ0n) is 44.0. The molecule has 9 rings (SSSR count). The van der Waals surface area contributed by atoms with Crippen molar-refractivity contribution in [1.29, 1.82) is 0 Å². The molecule has 4 heteroatoms. The van der Waals surface area contributed by atoms with Crippen molar-refractivity contribution < 1.29 is 26.0 Å². The zero-order chi connectivity index (χ0) is 49.1. The van der Waals surface area contributed by atoms with Crippen molar-refractivity contribution in [2.75, 3.05) is 0 Å². The third-order valence-corrected chi connectivity index (χ3v) is 8.76. The van der Waals surface area contributed by atoms with Gasteiger partial charge >= 0.3 is 0 Å². The van der Waals surface area contributed by atoms with Gasteiger partial charge in [-0.15, -0.1) is 11.3 Å². The van der Waals surface area contributed by atoms with E-state index in [-0.39, 0.29) is 48.8 Å². The normalized spacial score (nSPS) is 16.7. The average molecular weight is 663 g/mol. The predicted octanol–water partition coefficient (Wildman–Crippen LogP) is 12.2. The summed E-state index contributed by atoms with van der Waals surface area (Å²) in [4.78, 5) is 13.9. The minimum absolute atomic E-state index is 0.132. The number of thiophene rings is 1. The summed E-state index contributed by atoms with van der Waals surface area (Å²) in [5.74, 6) is 0.0771. The fourth-order valence-electron chi connectivity index (χ4n) is 5.24. The first-order valence-electron chi connectivity index (χ1n) is 24.3. The third-order valence-electron chi connectivity index (χ3n) is 7.54. The zero-order valence-corrected chi connectivity index (χ0v) is 25.8. The van der Waals surface area contributed by atoms with Crippen molar-refractivity contribution in [3.8, 4) is 67.5 Å². The molecule has 0 bridgehead atoms. The average Bonchev–Trinajstić information content (AvgIpc) is 3.73. The topological polar surface area (TPSA) is 38.7 Å². The van der Waals surface area contributed by atoms with Gasteiger partial charge in [-0.05, 0) is 39.4 Å². The van der Waals surface area contributed by atoms with E-state index >= 15 is 0 Å². The Morgan fingerprint density at radius 3 is 1.41 bits per heavy atom. The molecule has 0 saturated carbocycles. The van der Waals surface area contributed by atoms with Crippen LogP contribution in [0.3, 0.4) is 0 Å². The summed E-state index contributed by atoms with van der Waals surface area (Å²) >= 11 is 0.665. The molecule has 0 spiro atoms. The molecule has 49 heavy (non-hydrogen) atoms. The van der Waals surface area contributed by atoms with Crippen molar-refractivity contribution in [1.82, 2.24) is 15.0 Å². The maximum Gasteiger partial charge on any atom is 0.164 e. The number of benzene rings is 7. The summed E-state index contributed by atoms with van der Waals surface area (Å²) in [6, 6.07) is 3.40. The summed E-state index contributed by atoms with van der Waals surface area (Å²) in [6.07, 6.45) is 0. The molecule has 0 aliphatic carbocycles. The van der Waals surface area contributed by atoms with Crippen LogP contribution in [-0.2, 0) is 0 Å². The van der Waals surface area contributed by atoms with Gasteiger partial charge in [-0.1, -0.05) is 169 Å². The van der Waals surface area contributed by atoms with Gasteiger partial charge in [-0.25, -0.2) is 15.0 Å². The number of rotatable bonds is 6. The Hall–Kier alpha value is -6.23. The molecular weight excluding hydrogens is 615 g/mol. The van der Waals surface area contributed by atoms with Crippen LogP contribution in [0, 0.1) is 0 Å². The van der Waals surface area contributed by atoms with Gasteiger partial charge in [0.25, 0.3) is 0 Å². The van der Waals surface area contributed by atoms with E-state index < -0.39 is 143 Å². The molecule has 0 fully saturated rings. The molecule has 9 aromatic rings. The smallest absolute Gasteiger partial charge is 0.164 e. The van der Waals surface area contributed by atoms with Crippen molar-refractivity contribution in [2.45, 2.75) is 0 Å². The van der Waals surface area contributed by atoms with Gasteiger partial charge in [0, 0.05) is 36.9 Å². The van der Waals surface area contributed by atoms with Crippen LogP contribution in [0.1, 0.15) is 26.0 Å². The van der Waals surface area contributed by atoms with Gasteiger partial charge < -0.3 is 0 Å². The van der Waals surface area contributed by atoms with E-state index in [1.54, 1.807) is 60.7 Å². The first kappa shape index (κ1) is 15.3. The van der Waals surface area contributed by atoms with Gasteiger partial charge in [0.1, 0.15) is 0 Å². The second-order valence-corrected chi connectivity index (χ2v) is 11.6. The molecule has 0 saturated heterocycles. The van der Waals surface area contributed by atoms with Crippen LogP contribution in [0.4, 0.5) is 0 Å². The Bertz CT molecular complexity index is 3560. The molecule has 230 valence electrons. The second-order valence-electron chi connectivity index (χ2n) is 10.5. The number of nitrogens with zero attached hydrogens (tertiary/aromatic N) is 3. The van der Waals surface area contributed by atoms with E-state index in [9.17, 15) is 6.85 Å². The van der Waals surface area contributed by atoms with Gasteiger partial charge in [0.15, 0.2) is 17.5 Å². The molecule has 0 unspecified atom stereocenters. The summed E-state index contributed by atoms with van der Waals surface area (Å²) in [7, 11) is 0. The molecule has 0 N–H and O–H groups in total. The van der Waals surface area contributed by atoms with E-state index in [2.05, 4.69) is 15.0 Å². The lowest BCUT2D eigenvalue weighted by molar-refractivity contribution is 1.07. The van der Waals surface area contributed by atoms with Gasteiger partial charge in [-0.3, -0.25) is 0 Å². The highest BCUT2D eigenvalue weighted by molar-refractivity contribution is 7.26. The molecule has 0 amide bonds. The van der Waals surface area contributed by atoms with E-state index in [1.807, 2.05) is 0 Å². The van der Waals surface area contributed by atoms with Crippen molar-refractivity contribution in [2.24, 2.45) is 0 Å². The standard InChI is InChI=1S/C45H29N3S/c1-4-13-30(14-5-1)31-25-27-32(28-26-31)37-21-11-23-39-40-24-12-22-38(42(40)49-41(37)39)35-19-10-20-36(29-35)45-47-43(33-15-6-2-7-16-33)46-44(48-45)34-17-8-3-9-18-34/h1-29H/i1D,4D,5D,10D,11D,12D,13D,14D,19D,20D,21D,22D,23D,24D,25D,26D,27D,28D,29D. The summed E-state index contributed by atoms with van der Waals surface area (Å²) in [5.41, 5.74) is -2.28. The van der Waals surface area contributed by atoms with Gasteiger partial charge in [0.2, 0.25) is 0 Å². The molecule has 2 heterocycles. The number of fused-ring (bicyclic) bond motifs is 3. The fourth-order valence-corrected chi connectivity index (χ4v) is 6.46. The maximum absolute atomic E-state index is 9.67. The highest BCUT2D eigenvalue weighted by Gasteiger charge is 2.16. The van der Waals surface area contributed by atoms with E-state index in [0.717, 1.165) is 0 Å². The summed E-state index contributed by atoms with van der Waals surface area (Å²) < 4.78 is 169. The third kappa shape index (κ3) is 5.48. The Morgan fingerprint density at radius 2 is 0.816 bits per heavy atom. The lowest BCUT2D eigenvalue weighted by Crippen LogP contribution is -2.00. The van der Waals surface area contributed by atoms with Crippen LogP contribution in [0.5, 0.6) is 0 Å². The van der Waals surface area contributed by atoms with Crippen molar-refractivity contribution >= 4 is 31.5 Å². The largest absolute Gasteiger partial charge is 0.208 e. The minimum atomic E-state index is -0.855. The van der Waals surface area contributed by atoms with Crippen LogP contribution in [-0.4, -0.2) is 15.0 Å². The summed E-state index contributed by atoms with van der Waals surface area (Å²) in [6.45, 7) is 0. The first-order valence-corrected chi connectivity index (χ1v) is 15.6. The maximum atomic E-state index is 9.67. The lowest BCUT2D eigenvalue weighted by atomic mass is 9.98. The van der Waals surface area contributed by atoms with Gasteiger partial charge in [0.05, 0.1) is 26.0 Å². The SMILES string of the molecule is [2H]c1c([2H])c([2H])c(-c2c([2H])c([2H])c(-c3c([2H])c([2H])c([2H])c4c3sc3c(-c5c([2H])c([2H])c([2H])c(-c6nc(-c7ccccc7)nc(-c7ccccc7)n6)c5[2H])c([2H])c([2H])c([2H])c34)c([2H])c2[2H])c([2H])c1[2H]. The monoisotopic (exact) mass is 662 g/mol. The van der Waals surface area contributed by atoms with E-state index in [0.29, 0.717) is 22.5 Å². The fraction of sp³-hybridized carbons (Fsp3) is 0. The Morgan fingerprint density at radius 1 is 0.367 bits per heavy atom. The number of aromatic nitrogens is 3. The van der Waals surface area contributed by atoms with Crippen LogP contribution in [0.2, 0.25) is 0 Å². The van der Waals surface area contributed by atoms with Crippen LogP contribution < -0.4 is 0 Å². The number of hydrogen-bond donors (Lipinski definition) is 0. The first-order chi connectivity index (χ1) is 32.2. The molecule has 0 aliphatic heterocycles. The predicted molar refractivity (Wildman–Crippen MR) is 205 cm³/mol. The van der Waals surface area contributed by atoms with Crippen LogP contribution in [0.15, 0.2) is 175 Å². The number of hydrogen-bond acceptors (Lipinski definition) is 4. The highest BCUT2D eigenvalue weighted by Crippen LogP contribution is 2.44. The molecule has 0 atom stereocenters. The summed E-state index contributed by atoms with van der Waals surface area (Å²) in [5, 5.41) is -0.502. The highest BCUT2D eigenvalue weighted by atomic mass is 32.1. The van der Waals surface area contributed by atoms with Crippen LogP contribution >= 0.6 is 11.3 Å².